The molecule has 0 aromatic heterocycles. The van der Waals surface area contributed by atoms with Gasteiger partial charge in [-0.1, -0.05) is 13.3 Å². The number of rotatable bonds is 9. The molecule has 0 spiro atoms. The first-order valence-corrected chi connectivity index (χ1v) is 10.9. The summed E-state index contributed by atoms with van der Waals surface area (Å²) in [4.78, 5) is 4.39. The van der Waals surface area contributed by atoms with Gasteiger partial charge in [-0.25, -0.2) is 0 Å². The summed E-state index contributed by atoms with van der Waals surface area (Å²) in [5, 5.41) is 7.41. The van der Waals surface area contributed by atoms with Crippen molar-refractivity contribution in [3.05, 3.63) is 0 Å². The summed E-state index contributed by atoms with van der Waals surface area (Å²) in [5.41, 5.74) is 0.408. The van der Waals surface area contributed by atoms with E-state index in [2.05, 4.69) is 15.6 Å². The number of halogens is 1. The molecule has 0 heterocycles. The van der Waals surface area contributed by atoms with Gasteiger partial charge >= 0.3 is 0 Å². The van der Waals surface area contributed by atoms with E-state index >= 15 is 0 Å². The quantitative estimate of drug-likeness (QED) is 0.228. The van der Waals surface area contributed by atoms with Gasteiger partial charge in [0.2, 0.25) is 0 Å². The second kappa shape index (κ2) is 11.7. The van der Waals surface area contributed by atoms with Crippen molar-refractivity contribution in [3.63, 3.8) is 0 Å². The number of hydrogen-bond acceptors (Lipinski definition) is 3. The third-order valence-corrected chi connectivity index (χ3v) is 7.16. The Bertz CT molecular complexity index is 444. The minimum atomic E-state index is -0.678. The van der Waals surface area contributed by atoms with Crippen molar-refractivity contribution < 1.29 is 8.95 Å². The van der Waals surface area contributed by atoms with E-state index in [1.807, 2.05) is 20.9 Å². The highest BCUT2D eigenvalue weighted by Gasteiger charge is 2.42. The van der Waals surface area contributed by atoms with Crippen LogP contribution in [0.15, 0.2) is 4.99 Å². The molecule has 3 unspecified atom stereocenters. The summed E-state index contributed by atoms with van der Waals surface area (Å²) in [6.07, 6.45) is 8.10. The molecule has 2 rings (SSSR count). The van der Waals surface area contributed by atoms with E-state index in [1.165, 1.54) is 12.8 Å². The van der Waals surface area contributed by atoms with Gasteiger partial charge in [0.15, 0.2) is 5.96 Å². The fourth-order valence-electron chi connectivity index (χ4n) is 3.53. The molecule has 148 valence electrons. The maximum Gasteiger partial charge on any atom is 0.191 e. The molecule has 2 aliphatic carbocycles. The molecule has 3 atom stereocenters. The molecule has 2 aliphatic rings. The molecule has 2 N–H and O–H groups in total. The number of aliphatic imine (C=N–C) groups is 1. The maximum atomic E-state index is 12.1. The van der Waals surface area contributed by atoms with Crippen molar-refractivity contribution in [1.29, 1.82) is 0 Å². The largest absolute Gasteiger partial charge is 0.382 e. The third kappa shape index (κ3) is 7.71. The highest BCUT2D eigenvalue weighted by molar-refractivity contribution is 14.0. The van der Waals surface area contributed by atoms with Crippen LogP contribution >= 0.6 is 24.0 Å². The van der Waals surface area contributed by atoms with Gasteiger partial charge in [-0.2, -0.15) is 0 Å². The average molecular weight is 485 g/mol. The molecule has 0 aromatic carbocycles. The first-order chi connectivity index (χ1) is 11.6. The average Bonchev–Trinajstić information content (AvgIpc) is 3.38. The van der Waals surface area contributed by atoms with Crippen LogP contribution in [0.4, 0.5) is 0 Å². The first kappa shape index (κ1) is 23.1. The van der Waals surface area contributed by atoms with E-state index in [0.717, 1.165) is 63.6 Å². The van der Waals surface area contributed by atoms with Crippen molar-refractivity contribution in [2.45, 2.75) is 70.1 Å². The zero-order valence-electron chi connectivity index (χ0n) is 16.0. The second-order valence-corrected chi connectivity index (χ2v) is 9.18. The van der Waals surface area contributed by atoms with Gasteiger partial charge in [0.1, 0.15) is 0 Å². The molecule has 0 radical (unpaired) electrons. The second-order valence-electron chi connectivity index (χ2n) is 7.17. The predicted molar refractivity (Wildman–Crippen MR) is 117 cm³/mol. The summed E-state index contributed by atoms with van der Waals surface area (Å²) in [7, 11) is 1.16. The predicted octanol–water partition coefficient (Wildman–Crippen LogP) is 3.06. The van der Waals surface area contributed by atoms with Crippen molar-refractivity contribution in [2.75, 3.05) is 32.6 Å². The molecule has 2 saturated carbocycles. The maximum absolute atomic E-state index is 12.1. The molecule has 0 bridgehead atoms. The molecule has 25 heavy (non-hydrogen) atoms. The minimum Gasteiger partial charge on any atom is -0.382 e. The summed E-state index contributed by atoms with van der Waals surface area (Å²) >= 11 is 0. The lowest BCUT2D eigenvalue weighted by molar-refractivity contribution is 0.128. The van der Waals surface area contributed by atoms with Crippen LogP contribution in [0.25, 0.3) is 0 Å². The Labute approximate surface area is 173 Å². The van der Waals surface area contributed by atoms with Crippen LogP contribution in [0.5, 0.6) is 0 Å². The highest BCUT2D eigenvalue weighted by Crippen LogP contribution is 2.48. The zero-order chi connectivity index (χ0) is 17.4. The van der Waals surface area contributed by atoms with Crippen LogP contribution in [0, 0.1) is 5.41 Å². The van der Waals surface area contributed by atoms with E-state index in [0.29, 0.717) is 16.7 Å². The van der Waals surface area contributed by atoms with Crippen molar-refractivity contribution >= 4 is 40.7 Å². The molecule has 0 aliphatic heterocycles. The Morgan fingerprint density at radius 2 is 2.08 bits per heavy atom. The smallest absolute Gasteiger partial charge is 0.191 e. The fourth-order valence-corrected chi connectivity index (χ4v) is 4.88. The van der Waals surface area contributed by atoms with Crippen LogP contribution < -0.4 is 10.6 Å². The summed E-state index contributed by atoms with van der Waals surface area (Å²) in [6, 6.07) is 0.393. The third-order valence-electron chi connectivity index (χ3n) is 5.42. The van der Waals surface area contributed by atoms with Crippen LogP contribution in [-0.4, -0.2) is 54.0 Å². The molecule has 0 aromatic rings. The van der Waals surface area contributed by atoms with Gasteiger partial charge in [0, 0.05) is 54.7 Å². The van der Waals surface area contributed by atoms with Crippen LogP contribution in [-0.2, 0) is 15.5 Å². The number of nitrogens with zero attached hydrogens (tertiary/aromatic N) is 1. The van der Waals surface area contributed by atoms with E-state index in [1.54, 1.807) is 0 Å². The molecule has 7 heteroatoms. The Balaban J connectivity index is 0.00000312. The lowest BCUT2D eigenvalue weighted by Crippen LogP contribution is -2.47. The monoisotopic (exact) mass is 485 g/mol. The van der Waals surface area contributed by atoms with Gasteiger partial charge in [-0.05, 0) is 50.9 Å². The van der Waals surface area contributed by atoms with Gasteiger partial charge in [0.05, 0.1) is 0 Å². The lowest BCUT2D eigenvalue weighted by atomic mass is 9.95. The normalized spacial score (nSPS) is 26.4. The van der Waals surface area contributed by atoms with Crippen molar-refractivity contribution in [2.24, 2.45) is 10.4 Å². The van der Waals surface area contributed by atoms with Crippen LogP contribution in [0.2, 0.25) is 0 Å². The summed E-state index contributed by atoms with van der Waals surface area (Å²) < 4.78 is 17.6. The Morgan fingerprint density at radius 3 is 2.68 bits per heavy atom. The van der Waals surface area contributed by atoms with Crippen LogP contribution in [0.3, 0.4) is 0 Å². The van der Waals surface area contributed by atoms with Gasteiger partial charge in [-0.15, -0.1) is 24.0 Å². The van der Waals surface area contributed by atoms with E-state index < -0.39 is 10.8 Å². The Hall–Kier alpha value is 0.110. The molecule has 0 amide bonds. The molecular weight excluding hydrogens is 449 g/mol. The number of nitrogens with one attached hydrogen (secondary N) is 2. The van der Waals surface area contributed by atoms with Crippen molar-refractivity contribution in [3.8, 4) is 0 Å². The summed E-state index contributed by atoms with van der Waals surface area (Å²) in [5.74, 6) is 1.66. The van der Waals surface area contributed by atoms with Crippen LogP contribution in [0.1, 0.15) is 58.8 Å². The minimum absolute atomic E-state index is 0. The highest BCUT2D eigenvalue weighted by atomic mass is 127. The molecular formula is C18H36IN3O2S. The van der Waals surface area contributed by atoms with Gasteiger partial charge in [0.25, 0.3) is 0 Å². The van der Waals surface area contributed by atoms with Crippen molar-refractivity contribution in [1.82, 2.24) is 10.6 Å². The van der Waals surface area contributed by atoms with Gasteiger partial charge in [-0.3, -0.25) is 9.20 Å². The Kier molecular flexibility index (Phi) is 10.9. The van der Waals surface area contributed by atoms with E-state index in [9.17, 15) is 4.21 Å². The lowest BCUT2D eigenvalue weighted by Gasteiger charge is -2.30. The number of ether oxygens (including phenoxy) is 1. The fraction of sp³-hybridized carbons (Fsp3) is 0.944. The summed E-state index contributed by atoms with van der Waals surface area (Å²) in [6.45, 7) is 6.69. The Morgan fingerprint density at radius 1 is 1.32 bits per heavy atom. The molecule has 0 saturated heterocycles. The topological polar surface area (TPSA) is 62.7 Å². The van der Waals surface area contributed by atoms with Gasteiger partial charge < -0.3 is 15.4 Å². The number of guanidine groups is 1. The molecule has 5 nitrogen and oxygen atoms in total. The zero-order valence-corrected chi connectivity index (χ0v) is 19.2. The van der Waals surface area contributed by atoms with E-state index in [4.69, 9.17) is 4.74 Å². The number of hydrogen-bond donors (Lipinski definition) is 2. The van der Waals surface area contributed by atoms with E-state index in [-0.39, 0.29) is 24.0 Å². The molecule has 2 fully saturated rings. The standard InChI is InChI=1S/C18H35N3O2S.HI/c1-4-23-12-11-18(9-10-18)14-20-17(19-3)21-15-7-6-8-16(13-15)24(22)5-2;/h15-16H,4-14H2,1-3H3,(H2,19,20,21);1H. The first-order valence-electron chi connectivity index (χ1n) is 9.54. The SMILES string of the molecule is CCOCCC1(CNC(=NC)NC2CCCC(S(=O)CC)C2)CC1.I.